The summed E-state index contributed by atoms with van der Waals surface area (Å²) in [5.74, 6) is 0.399. The largest absolute Gasteiger partial charge is 0.506 e. The van der Waals surface area contributed by atoms with Gasteiger partial charge in [-0.2, -0.15) is 15.0 Å². The van der Waals surface area contributed by atoms with Crippen molar-refractivity contribution < 1.29 is 10.2 Å². The quantitative estimate of drug-likeness (QED) is 0.270. The second kappa shape index (κ2) is 7.62. The van der Waals surface area contributed by atoms with E-state index in [1.165, 1.54) is 0 Å². The first-order chi connectivity index (χ1) is 15.0. The smallest absolute Gasteiger partial charge is 0.233 e. The Morgan fingerprint density at radius 3 is 1.39 bits per heavy atom. The fraction of sp³-hybridized carbons (Fsp3) is 0. The van der Waals surface area contributed by atoms with Gasteiger partial charge in [0.1, 0.15) is 11.5 Å². The summed E-state index contributed by atoms with van der Waals surface area (Å²) in [4.78, 5) is 12.5. The molecule has 0 aliphatic carbocycles. The molecule has 0 fully saturated rings. The Labute approximate surface area is 182 Å². The molecule has 8 heteroatoms. The van der Waals surface area contributed by atoms with E-state index in [0.29, 0.717) is 11.4 Å². The van der Waals surface area contributed by atoms with Crippen molar-refractivity contribution >= 4 is 56.4 Å². The van der Waals surface area contributed by atoms with Crippen molar-refractivity contribution in [2.75, 3.05) is 10.6 Å². The number of nitrogens with one attached hydrogen (secondary N) is 2. The molecule has 1 aromatic heterocycles. The zero-order valence-corrected chi connectivity index (χ0v) is 16.8. The third-order valence-corrected chi connectivity index (χ3v) is 5.00. The van der Waals surface area contributed by atoms with E-state index in [4.69, 9.17) is 11.6 Å². The number of phenolic OH excluding ortho intramolecular Hbond substituents is 2. The van der Waals surface area contributed by atoms with Crippen LogP contribution in [0.2, 0.25) is 5.28 Å². The van der Waals surface area contributed by atoms with Crippen LogP contribution in [0.25, 0.3) is 21.5 Å². The second-order valence-corrected chi connectivity index (χ2v) is 7.27. The van der Waals surface area contributed by atoms with E-state index in [2.05, 4.69) is 25.6 Å². The van der Waals surface area contributed by atoms with Gasteiger partial charge < -0.3 is 20.8 Å². The predicted octanol–water partition coefficient (Wildman–Crippen LogP) is 5.73. The molecule has 1 heterocycles. The molecule has 0 bridgehead atoms. The molecule has 0 amide bonds. The van der Waals surface area contributed by atoms with E-state index in [0.717, 1.165) is 21.5 Å². The molecule has 4 aromatic carbocycles. The van der Waals surface area contributed by atoms with E-state index in [9.17, 15) is 10.2 Å². The van der Waals surface area contributed by atoms with Crippen LogP contribution < -0.4 is 10.6 Å². The first-order valence-electron chi connectivity index (χ1n) is 9.44. The third kappa shape index (κ3) is 3.86. The molecule has 7 nitrogen and oxygen atoms in total. The summed E-state index contributed by atoms with van der Waals surface area (Å²) < 4.78 is 0. The molecule has 4 N–H and O–H groups in total. The Morgan fingerprint density at radius 1 is 0.581 bits per heavy atom. The summed E-state index contributed by atoms with van der Waals surface area (Å²) in [7, 11) is 0. The zero-order valence-electron chi connectivity index (χ0n) is 16.0. The Bertz CT molecular complexity index is 1340. The van der Waals surface area contributed by atoms with Crippen LogP contribution in [-0.2, 0) is 0 Å². The number of nitrogens with zero attached hydrogens (tertiary/aromatic N) is 3. The maximum atomic E-state index is 10.4. The number of halogens is 1. The van der Waals surface area contributed by atoms with E-state index in [-0.39, 0.29) is 28.7 Å². The first kappa shape index (κ1) is 18.9. The summed E-state index contributed by atoms with van der Waals surface area (Å²) >= 11 is 6.08. The molecule has 0 unspecified atom stereocenters. The predicted molar refractivity (Wildman–Crippen MR) is 123 cm³/mol. The van der Waals surface area contributed by atoms with E-state index in [1.807, 2.05) is 48.5 Å². The molecular formula is C23H16ClN5O2. The highest BCUT2D eigenvalue weighted by Crippen LogP contribution is 2.33. The minimum absolute atomic E-state index is 0.0412. The molecule has 31 heavy (non-hydrogen) atoms. The molecule has 5 aromatic rings. The van der Waals surface area contributed by atoms with Crippen molar-refractivity contribution in [3.05, 3.63) is 78.1 Å². The molecule has 0 atom stereocenters. The van der Waals surface area contributed by atoms with Gasteiger partial charge in [-0.05, 0) is 57.4 Å². The monoisotopic (exact) mass is 429 g/mol. The van der Waals surface area contributed by atoms with Crippen LogP contribution in [0.3, 0.4) is 0 Å². The average Bonchev–Trinajstić information content (AvgIpc) is 2.74. The fourth-order valence-corrected chi connectivity index (χ4v) is 3.52. The van der Waals surface area contributed by atoms with Gasteiger partial charge in [-0.15, -0.1) is 0 Å². The normalized spacial score (nSPS) is 11.0. The number of anilines is 4. The van der Waals surface area contributed by atoms with Crippen LogP contribution in [0.15, 0.2) is 72.8 Å². The van der Waals surface area contributed by atoms with Gasteiger partial charge in [0.25, 0.3) is 0 Å². The number of phenols is 2. The molecule has 0 saturated carbocycles. The highest BCUT2D eigenvalue weighted by molar-refractivity contribution is 6.28. The molecule has 0 aliphatic heterocycles. The maximum absolute atomic E-state index is 10.4. The summed E-state index contributed by atoms with van der Waals surface area (Å²) in [6.07, 6.45) is 0. The molecule has 0 spiro atoms. The SMILES string of the molecule is Oc1cc2ccccc2cc1Nc1nc(Cl)nc(Nc2cc3ccccc3cc2O)n1. The van der Waals surface area contributed by atoms with Crippen molar-refractivity contribution in [2.24, 2.45) is 0 Å². The van der Waals surface area contributed by atoms with E-state index in [1.54, 1.807) is 24.3 Å². The Hall–Kier alpha value is -4.10. The number of fused-ring (bicyclic) bond motifs is 2. The first-order valence-corrected chi connectivity index (χ1v) is 9.82. The fourth-order valence-electron chi connectivity index (χ4n) is 3.36. The molecular weight excluding hydrogens is 414 g/mol. The van der Waals surface area contributed by atoms with Crippen molar-refractivity contribution in [1.82, 2.24) is 15.0 Å². The standard InChI is InChI=1S/C23H16ClN5O2/c24-21-27-22(25-17-9-13-5-1-3-7-15(13)11-19(17)30)29-23(28-21)26-18-10-14-6-2-4-8-16(14)12-20(18)31/h1-12,30-31H,(H2,25,26,27,28,29). The van der Waals surface area contributed by atoms with Crippen LogP contribution in [0.4, 0.5) is 23.3 Å². The topological polar surface area (TPSA) is 103 Å². The lowest BCUT2D eigenvalue weighted by molar-refractivity contribution is 0.478. The average molecular weight is 430 g/mol. The molecule has 0 aliphatic rings. The van der Waals surface area contributed by atoms with Crippen molar-refractivity contribution in [3.63, 3.8) is 0 Å². The van der Waals surface area contributed by atoms with Crippen molar-refractivity contribution in [1.29, 1.82) is 0 Å². The Kier molecular flexibility index (Phi) is 4.65. The van der Waals surface area contributed by atoms with Crippen LogP contribution in [0, 0.1) is 0 Å². The maximum Gasteiger partial charge on any atom is 0.233 e. The van der Waals surface area contributed by atoms with Crippen molar-refractivity contribution in [2.45, 2.75) is 0 Å². The molecule has 152 valence electrons. The van der Waals surface area contributed by atoms with E-state index < -0.39 is 0 Å². The van der Waals surface area contributed by atoms with Gasteiger partial charge in [0.15, 0.2) is 0 Å². The van der Waals surface area contributed by atoms with Gasteiger partial charge >= 0.3 is 0 Å². The van der Waals surface area contributed by atoms with Crippen LogP contribution in [-0.4, -0.2) is 25.2 Å². The van der Waals surface area contributed by atoms with Gasteiger partial charge in [-0.25, -0.2) is 0 Å². The molecule has 5 rings (SSSR count). The second-order valence-electron chi connectivity index (χ2n) is 6.93. The van der Waals surface area contributed by atoms with Gasteiger partial charge in [-0.1, -0.05) is 48.5 Å². The number of rotatable bonds is 4. The number of hydrogen-bond donors (Lipinski definition) is 4. The lowest BCUT2D eigenvalue weighted by Gasteiger charge is -2.12. The van der Waals surface area contributed by atoms with Crippen LogP contribution in [0.5, 0.6) is 11.5 Å². The van der Waals surface area contributed by atoms with Gasteiger partial charge in [0.2, 0.25) is 17.2 Å². The lowest BCUT2D eigenvalue weighted by Crippen LogP contribution is -2.04. The summed E-state index contributed by atoms with van der Waals surface area (Å²) in [5, 5.41) is 30.4. The Morgan fingerprint density at radius 2 is 0.968 bits per heavy atom. The Balaban J connectivity index is 1.47. The summed E-state index contributed by atoms with van der Waals surface area (Å²) in [6, 6.07) is 22.3. The number of benzene rings is 4. The highest BCUT2D eigenvalue weighted by Gasteiger charge is 2.11. The zero-order chi connectivity index (χ0) is 21.4. The van der Waals surface area contributed by atoms with Gasteiger partial charge in [0.05, 0.1) is 11.4 Å². The van der Waals surface area contributed by atoms with E-state index >= 15 is 0 Å². The molecule has 0 saturated heterocycles. The lowest BCUT2D eigenvalue weighted by atomic mass is 10.1. The molecule has 0 radical (unpaired) electrons. The number of aromatic nitrogens is 3. The van der Waals surface area contributed by atoms with Gasteiger partial charge in [-0.3, -0.25) is 0 Å². The highest BCUT2D eigenvalue weighted by atomic mass is 35.5. The number of hydrogen-bond acceptors (Lipinski definition) is 7. The minimum atomic E-state index is -0.0412. The van der Waals surface area contributed by atoms with Crippen LogP contribution >= 0.6 is 11.6 Å². The minimum Gasteiger partial charge on any atom is -0.506 e. The summed E-state index contributed by atoms with van der Waals surface area (Å²) in [5.41, 5.74) is 0.862. The number of aromatic hydroxyl groups is 2. The van der Waals surface area contributed by atoms with Crippen molar-refractivity contribution in [3.8, 4) is 11.5 Å². The van der Waals surface area contributed by atoms with Gasteiger partial charge in [0, 0.05) is 0 Å². The third-order valence-electron chi connectivity index (χ3n) is 4.83. The van der Waals surface area contributed by atoms with Crippen LogP contribution in [0.1, 0.15) is 0 Å². The summed E-state index contributed by atoms with van der Waals surface area (Å²) in [6.45, 7) is 0.